The normalized spacial score (nSPS) is 10.9. The molecule has 0 bridgehead atoms. The molecule has 0 aliphatic rings. The molecule has 0 amide bonds. The molecule has 0 radical (unpaired) electrons. The summed E-state index contributed by atoms with van der Waals surface area (Å²) < 4.78 is 23.7. The van der Waals surface area contributed by atoms with Gasteiger partial charge >= 0.3 is 6.08 Å². The zero-order chi connectivity index (χ0) is 20.5. The quantitative estimate of drug-likeness (QED) is 0.199. The second-order valence-corrected chi connectivity index (χ2v) is 7.32. The van der Waals surface area contributed by atoms with Crippen molar-refractivity contribution < 1.29 is 18.5 Å². The van der Waals surface area contributed by atoms with Crippen LogP contribution in [0, 0.1) is 0 Å². The monoisotopic (exact) mass is 398 g/mol. The van der Waals surface area contributed by atoms with Gasteiger partial charge in [0.25, 0.3) is 0 Å². The van der Waals surface area contributed by atoms with E-state index in [0.29, 0.717) is 6.26 Å². The lowest BCUT2D eigenvalue weighted by molar-refractivity contribution is -0.900. The van der Waals surface area contributed by atoms with Gasteiger partial charge in [-0.1, -0.05) is 57.3 Å². The van der Waals surface area contributed by atoms with Crippen molar-refractivity contribution in [2.24, 2.45) is 0 Å². The Bertz CT molecular complexity index is 507. The average molecular weight is 399 g/mol. The van der Waals surface area contributed by atoms with Crippen LogP contribution in [-0.2, 0) is 11.3 Å². The van der Waals surface area contributed by atoms with Crippen LogP contribution >= 0.6 is 0 Å². The maximum atomic E-state index is 11.9. The first-order valence-corrected chi connectivity index (χ1v) is 10.8. The molecule has 0 fully saturated rings. The molecule has 160 valence electrons. The van der Waals surface area contributed by atoms with Crippen LogP contribution in [0.1, 0.15) is 70.8 Å². The van der Waals surface area contributed by atoms with Gasteiger partial charge in [-0.25, -0.2) is 0 Å². The molecule has 0 aliphatic carbocycles. The predicted molar refractivity (Wildman–Crippen MR) is 112 cm³/mol. The van der Waals surface area contributed by atoms with E-state index >= 15 is 0 Å². The molecule has 0 aliphatic heterocycles. The summed E-state index contributed by atoms with van der Waals surface area (Å²) in [6.45, 7) is 8.21. The fourth-order valence-corrected chi connectivity index (χ4v) is 3.22. The van der Waals surface area contributed by atoms with Crippen LogP contribution in [0.4, 0.5) is 14.5 Å². The van der Waals surface area contributed by atoms with Crippen LogP contribution in [0.5, 0.6) is 0 Å². The number of unbranched alkanes of at least 4 members (excludes halogenated alkanes) is 6. The lowest BCUT2D eigenvalue weighted by Gasteiger charge is -2.20. The lowest BCUT2D eigenvalue weighted by atomic mass is 10.1. The largest absolute Gasteiger partial charge is 0.391 e. The Morgan fingerprint density at radius 2 is 1.50 bits per heavy atom. The fourth-order valence-electron chi connectivity index (χ4n) is 3.22. The molecule has 0 saturated heterocycles. The van der Waals surface area contributed by atoms with Crippen molar-refractivity contribution in [2.75, 3.05) is 25.1 Å². The van der Waals surface area contributed by atoms with Crippen molar-refractivity contribution >= 4 is 5.69 Å². The summed E-state index contributed by atoms with van der Waals surface area (Å²) in [7, 11) is 0. The van der Waals surface area contributed by atoms with Gasteiger partial charge in [0.1, 0.15) is 0 Å². The highest BCUT2D eigenvalue weighted by Gasteiger charge is 2.08. The number of halogens is 2. The second-order valence-electron chi connectivity index (χ2n) is 7.32. The summed E-state index contributed by atoms with van der Waals surface area (Å²) in [6.07, 6.45) is 10.1. The SMILES string of the molecule is CCCCCC[NH+](CCCCCC)CCc1ccc(NNOC=C(F)F)cc1. The third kappa shape index (κ3) is 12.7. The Kier molecular flexibility index (Phi) is 14.2. The number of nitrogens with one attached hydrogen (secondary N) is 3. The van der Waals surface area contributed by atoms with E-state index in [1.165, 1.54) is 70.0 Å². The van der Waals surface area contributed by atoms with Crippen molar-refractivity contribution in [1.29, 1.82) is 0 Å². The second kappa shape index (κ2) is 16.3. The Morgan fingerprint density at radius 3 is 2.04 bits per heavy atom. The van der Waals surface area contributed by atoms with Gasteiger partial charge < -0.3 is 9.74 Å². The fraction of sp³-hybridized carbons (Fsp3) is 0.636. The first kappa shape index (κ1) is 24.4. The summed E-state index contributed by atoms with van der Waals surface area (Å²) in [4.78, 5) is 6.15. The number of hydrogen-bond donors (Lipinski definition) is 3. The van der Waals surface area contributed by atoms with E-state index in [1.54, 1.807) is 4.90 Å². The summed E-state index contributed by atoms with van der Waals surface area (Å²) in [5, 5.41) is 0. The van der Waals surface area contributed by atoms with E-state index in [0.717, 1.165) is 18.7 Å². The van der Waals surface area contributed by atoms with Crippen LogP contribution in [-0.4, -0.2) is 19.6 Å². The molecule has 28 heavy (non-hydrogen) atoms. The molecule has 0 unspecified atom stereocenters. The minimum atomic E-state index is -1.89. The maximum absolute atomic E-state index is 11.9. The van der Waals surface area contributed by atoms with Gasteiger partial charge in [0.05, 0.1) is 25.3 Å². The number of rotatable bonds is 17. The number of hydrazine groups is 1. The third-order valence-corrected chi connectivity index (χ3v) is 4.89. The molecule has 0 atom stereocenters. The Hall–Kier alpha value is -1.66. The zero-order valence-corrected chi connectivity index (χ0v) is 17.5. The van der Waals surface area contributed by atoms with Crippen molar-refractivity contribution in [3.05, 3.63) is 42.2 Å². The van der Waals surface area contributed by atoms with Crippen LogP contribution in [0.15, 0.2) is 36.6 Å². The summed E-state index contributed by atoms with van der Waals surface area (Å²) >= 11 is 0. The van der Waals surface area contributed by atoms with E-state index in [1.807, 2.05) is 12.1 Å². The maximum Gasteiger partial charge on any atom is 0.307 e. The van der Waals surface area contributed by atoms with Gasteiger partial charge in [0.2, 0.25) is 0 Å². The molecule has 1 rings (SSSR count). The molecule has 4 nitrogen and oxygen atoms in total. The number of quaternary nitrogens is 1. The van der Waals surface area contributed by atoms with E-state index in [4.69, 9.17) is 0 Å². The zero-order valence-electron chi connectivity index (χ0n) is 17.5. The van der Waals surface area contributed by atoms with Gasteiger partial charge in [-0.05, 0) is 43.4 Å². The molecule has 0 aromatic heterocycles. The molecule has 3 N–H and O–H groups in total. The van der Waals surface area contributed by atoms with Gasteiger partial charge in [-0.15, -0.1) is 0 Å². The first-order chi connectivity index (χ1) is 13.7. The standard InChI is InChI=1S/C22H37F2N3O/c1-3-5-7-9-16-27(17-10-8-6-4-2)18-15-20-11-13-21(14-12-20)25-26-28-19-22(23)24/h11-14,19,25-26H,3-10,15-18H2,1-2H3/p+1. The van der Waals surface area contributed by atoms with Gasteiger partial charge in [-0.2, -0.15) is 8.78 Å². The highest BCUT2D eigenvalue weighted by molar-refractivity contribution is 5.43. The van der Waals surface area contributed by atoms with E-state index in [-0.39, 0.29) is 0 Å². The number of hydrogen-bond acceptors (Lipinski definition) is 3. The van der Waals surface area contributed by atoms with Crippen LogP contribution in [0.3, 0.4) is 0 Å². The summed E-state index contributed by atoms with van der Waals surface area (Å²) in [5.74, 6) is 0. The molecule has 0 spiro atoms. The summed E-state index contributed by atoms with van der Waals surface area (Å²) in [6, 6.07) is 7.98. The van der Waals surface area contributed by atoms with Crippen LogP contribution < -0.4 is 15.9 Å². The molecule has 6 heteroatoms. The number of anilines is 1. The van der Waals surface area contributed by atoms with Gasteiger partial charge in [-0.3, -0.25) is 5.43 Å². The van der Waals surface area contributed by atoms with Crippen molar-refractivity contribution in [3.8, 4) is 0 Å². The molecular formula is C22H38F2N3O+. The molecule has 1 aromatic rings. The summed E-state index contributed by atoms with van der Waals surface area (Å²) in [5.41, 5.74) is 7.03. The van der Waals surface area contributed by atoms with Gasteiger partial charge in [0, 0.05) is 6.42 Å². The Balaban J connectivity index is 2.38. The lowest BCUT2D eigenvalue weighted by Crippen LogP contribution is -3.12. The van der Waals surface area contributed by atoms with Crippen molar-refractivity contribution in [3.63, 3.8) is 0 Å². The van der Waals surface area contributed by atoms with Crippen molar-refractivity contribution in [1.82, 2.24) is 5.59 Å². The highest BCUT2D eigenvalue weighted by atomic mass is 19.3. The van der Waals surface area contributed by atoms with E-state index in [2.05, 4.69) is 41.8 Å². The van der Waals surface area contributed by atoms with Crippen LogP contribution in [0.25, 0.3) is 0 Å². The Morgan fingerprint density at radius 1 is 0.893 bits per heavy atom. The smallest absolute Gasteiger partial charge is 0.307 e. The van der Waals surface area contributed by atoms with Crippen LogP contribution in [0.2, 0.25) is 0 Å². The predicted octanol–water partition coefficient (Wildman–Crippen LogP) is 4.86. The molecule has 0 saturated carbocycles. The minimum absolute atomic E-state index is 0.347. The minimum Gasteiger partial charge on any atom is -0.391 e. The molecule has 1 aromatic carbocycles. The van der Waals surface area contributed by atoms with E-state index in [9.17, 15) is 8.78 Å². The van der Waals surface area contributed by atoms with E-state index < -0.39 is 6.08 Å². The van der Waals surface area contributed by atoms with Crippen molar-refractivity contribution in [2.45, 2.75) is 71.6 Å². The highest BCUT2D eigenvalue weighted by Crippen LogP contribution is 2.09. The average Bonchev–Trinajstić information content (AvgIpc) is 2.70. The topological polar surface area (TPSA) is 37.7 Å². The third-order valence-electron chi connectivity index (χ3n) is 4.89. The molecule has 0 heterocycles. The molecular weight excluding hydrogens is 360 g/mol. The van der Waals surface area contributed by atoms with Gasteiger partial charge in [0.15, 0.2) is 6.26 Å². The Labute approximate surface area is 169 Å². The first-order valence-electron chi connectivity index (χ1n) is 10.8. The number of benzene rings is 1.